The summed E-state index contributed by atoms with van der Waals surface area (Å²) in [6.07, 6.45) is 0. The van der Waals surface area contributed by atoms with Gasteiger partial charge in [0.1, 0.15) is 5.75 Å². The minimum Gasteiger partial charge on any atom is -0.455 e. The molecule has 0 bridgehead atoms. The van der Waals surface area contributed by atoms with Gasteiger partial charge in [0.05, 0.1) is 23.7 Å². The number of rotatable bonds is 10. The van der Waals surface area contributed by atoms with E-state index in [1.807, 2.05) is 18.2 Å². The number of nitrogens with zero attached hydrogens (tertiary/aromatic N) is 1. The lowest BCUT2D eigenvalue weighted by Crippen LogP contribution is -2.50. The molecule has 3 aromatic carbocycles. The second kappa shape index (κ2) is 14.3. The predicted molar refractivity (Wildman–Crippen MR) is 152 cm³/mol. The number of piperazine rings is 1. The van der Waals surface area contributed by atoms with Crippen molar-refractivity contribution in [2.75, 3.05) is 44.0 Å². The van der Waals surface area contributed by atoms with Crippen molar-refractivity contribution in [1.82, 2.24) is 20.9 Å². The molecule has 3 amide bonds. The third kappa shape index (κ3) is 8.43. The molecule has 4 rings (SSSR count). The molecule has 1 fully saturated rings. The molecule has 0 spiro atoms. The predicted octanol–water partition coefficient (Wildman–Crippen LogP) is 1.98. The van der Waals surface area contributed by atoms with Crippen molar-refractivity contribution >= 4 is 45.8 Å². The molecular formula is C27H30ClN5O6S. The summed E-state index contributed by atoms with van der Waals surface area (Å²) in [6.45, 7) is 2.12. The number of para-hydroxylation sites is 3. The molecule has 11 nitrogen and oxygen atoms in total. The molecular weight excluding hydrogens is 558 g/mol. The van der Waals surface area contributed by atoms with E-state index in [0.717, 1.165) is 0 Å². The van der Waals surface area contributed by atoms with Gasteiger partial charge in [-0.3, -0.25) is 19.1 Å². The summed E-state index contributed by atoms with van der Waals surface area (Å²) in [5.41, 5.74) is 0.427. The van der Waals surface area contributed by atoms with E-state index >= 15 is 0 Å². The fourth-order valence-corrected chi connectivity index (χ4v) is 4.84. The number of carbonyl (C=O) groups excluding carboxylic acids is 3. The van der Waals surface area contributed by atoms with Crippen molar-refractivity contribution in [3.63, 3.8) is 0 Å². The Balaban J connectivity index is 0.00000441. The molecule has 1 aliphatic rings. The minimum absolute atomic E-state index is 0. The van der Waals surface area contributed by atoms with E-state index in [0.29, 0.717) is 37.7 Å². The van der Waals surface area contributed by atoms with Gasteiger partial charge in [-0.2, -0.15) is 0 Å². The third-order valence-electron chi connectivity index (χ3n) is 5.85. The van der Waals surface area contributed by atoms with Crippen LogP contribution in [0.5, 0.6) is 11.5 Å². The second-order valence-electron chi connectivity index (χ2n) is 8.63. The van der Waals surface area contributed by atoms with Crippen LogP contribution in [0.2, 0.25) is 0 Å². The van der Waals surface area contributed by atoms with Crippen molar-refractivity contribution in [2.45, 2.75) is 4.90 Å². The van der Waals surface area contributed by atoms with Crippen LogP contribution in [-0.4, -0.2) is 70.3 Å². The minimum atomic E-state index is -3.99. The topological polar surface area (TPSA) is 146 Å². The largest absolute Gasteiger partial charge is 0.455 e. The number of benzene rings is 3. The first-order valence-corrected chi connectivity index (χ1v) is 13.8. The summed E-state index contributed by atoms with van der Waals surface area (Å²) < 4.78 is 34.3. The van der Waals surface area contributed by atoms with Gasteiger partial charge in [0.25, 0.3) is 15.9 Å². The number of sulfonamides is 1. The van der Waals surface area contributed by atoms with Gasteiger partial charge < -0.3 is 25.6 Å². The molecule has 4 N–H and O–H groups in total. The maximum atomic E-state index is 13.0. The number of anilines is 1. The van der Waals surface area contributed by atoms with Crippen LogP contribution in [0.15, 0.2) is 83.8 Å². The summed E-state index contributed by atoms with van der Waals surface area (Å²) in [4.78, 5) is 38.2. The van der Waals surface area contributed by atoms with Crippen molar-refractivity contribution < 1.29 is 27.5 Å². The number of amides is 3. The van der Waals surface area contributed by atoms with E-state index in [1.54, 1.807) is 41.3 Å². The Hall–Kier alpha value is -4.13. The molecule has 40 heavy (non-hydrogen) atoms. The van der Waals surface area contributed by atoms with Crippen LogP contribution >= 0.6 is 12.4 Å². The standard InChI is InChI=1S/C27H29N5O6S.ClH/c33-25(29-19-26(34)32-16-14-28-15-17-32)18-30-27(35)20-10-12-22(13-11-20)39(36,37)31-23-8-4-5-9-24(23)38-21-6-2-1-3-7-21;/h1-13,28,31H,14-19H2,(H,29,33)(H,30,35);1H. The summed E-state index contributed by atoms with van der Waals surface area (Å²) in [6, 6.07) is 20.9. The van der Waals surface area contributed by atoms with E-state index in [4.69, 9.17) is 4.74 Å². The number of carbonyl (C=O) groups is 3. The van der Waals surface area contributed by atoms with Gasteiger partial charge in [-0.15, -0.1) is 12.4 Å². The lowest BCUT2D eigenvalue weighted by Gasteiger charge is -2.27. The van der Waals surface area contributed by atoms with Crippen LogP contribution in [0.1, 0.15) is 10.4 Å². The molecule has 0 aromatic heterocycles. The van der Waals surface area contributed by atoms with Crippen molar-refractivity contribution in [1.29, 1.82) is 0 Å². The molecule has 0 unspecified atom stereocenters. The fourth-order valence-electron chi connectivity index (χ4n) is 3.77. The fraction of sp³-hybridized carbons (Fsp3) is 0.222. The molecule has 0 atom stereocenters. The Kier molecular flexibility index (Phi) is 10.9. The molecule has 0 aliphatic carbocycles. The third-order valence-corrected chi connectivity index (χ3v) is 7.23. The van der Waals surface area contributed by atoms with Gasteiger partial charge in [0.2, 0.25) is 11.8 Å². The summed E-state index contributed by atoms with van der Waals surface area (Å²) >= 11 is 0. The normalized spacial score (nSPS) is 12.9. The Morgan fingerprint density at radius 3 is 2.17 bits per heavy atom. The van der Waals surface area contributed by atoms with Crippen LogP contribution in [0, 0.1) is 0 Å². The van der Waals surface area contributed by atoms with Crippen LogP contribution in [0.4, 0.5) is 5.69 Å². The number of hydrogen-bond donors (Lipinski definition) is 4. The summed E-state index contributed by atoms with van der Waals surface area (Å²) in [5, 5.41) is 8.10. The molecule has 212 valence electrons. The first kappa shape index (κ1) is 30.4. The first-order chi connectivity index (χ1) is 18.8. The number of nitrogens with one attached hydrogen (secondary N) is 4. The molecule has 0 saturated carbocycles. The Morgan fingerprint density at radius 2 is 1.48 bits per heavy atom. The van der Waals surface area contributed by atoms with E-state index in [-0.39, 0.29) is 47.6 Å². The van der Waals surface area contributed by atoms with E-state index in [1.165, 1.54) is 24.3 Å². The average molecular weight is 588 g/mol. The van der Waals surface area contributed by atoms with E-state index in [2.05, 4.69) is 20.7 Å². The van der Waals surface area contributed by atoms with Crippen LogP contribution in [0.25, 0.3) is 0 Å². The van der Waals surface area contributed by atoms with E-state index < -0.39 is 21.8 Å². The highest BCUT2D eigenvalue weighted by Gasteiger charge is 2.19. The Labute approximate surface area is 238 Å². The van der Waals surface area contributed by atoms with Crippen LogP contribution in [-0.2, 0) is 19.6 Å². The van der Waals surface area contributed by atoms with Gasteiger partial charge >= 0.3 is 0 Å². The van der Waals surface area contributed by atoms with Gasteiger partial charge in [-0.25, -0.2) is 8.42 Å². The quantitative estimate of drug-likeness (QED) is 0.284. The van der Waals surface area contributed by atoms with Crippen molar-refractivity contribution in [3.05, 3.63) is 84.4 Å². The molecule has 13 heteroatoms. The lowest BCUT2D eigenvalue weighted by atomic mass is 10.2. The van der Waals surface area contributed by atoms with Gasteiger partial charge in [0.15, 0.2) is 5.75 Å². The van der Waals surface area contributed by atoms with Crippen LogP contribution < -0.4 is 25.4 Å². The molecule has 1 aliphatic heterocycles. The SMILES string of the molecule is Cl.O=C(CNC(=O)c1ccc(S(=O)(=O)Nc2ccccc2Oc2ccccc2)cc1)NCC(=O)N1CCNCC1. The van der Waals surface area contributed by atoms with Gasteiger partial charge in [0, 0.05) is 31.7 Å². The molecule has 3 aromatic rings. The lowest BCUT2D eigenvalue weighted by molar-refractivity contribution is -0.133. The maximum Gasteiger partial charge on any atom is 0.262 e. The highest BCUT2D eigenvalue weighted by Crippen LogP contribution is 2.30. The Morgan fingerprint density at radius 1 is 0.825 bits per heavy atom. The number of halogens is 1. The molecule has 1 heterocycles. The number of hydrogen-bond acceptors (Lipinski definition) is 7. The zero-order valence-corrected chi connectivity index (χ0v) is 23.1. The van der Waals surface area contributed by atoms with Crippen LogP contribution in [0.3, 0.4) is 0 Å². The van der Waals surface area contributed by atoms with Crippen molar-refractivity contribution in [3.8, 4) is 11.5 Å². The molecule has 0 radical (unpaired) electrons. The average Bonchev–Trinajstić information content (AvgIpc) is 2.96. The number of ether oxygens (including phenoxy) is 1. The summed E-state index contributed by atoms with van der Waals surface area (Å²) in [7, 11) is -3.99. The smallest absolute Gasteiger partial charge is 0.262 e. The zero-order chi connectivity index (χ0) is 27.7. The van der Waals surface area contributed by atoms with Crippen molar-refractivity contribution in [2.24, 2.45) is 0 Å². The van der Waals surface area contributed by atoms with E-state index in [9.17, 15) is 22.8 Å². The second-order valence-corrected chi connectivity index (χ2v) is 10.3. The monoisotopic (exact) mass is 587 g/mol. The highest BCUT2D eigenvalue weighted by molar-refractivity contribution is 7.92. The molecule has 1 saturated heterocycles. The first-order valence-electron chi connectivity index (χ1n) is 12.3. The highest BCUT2D eigenvalue weighted by atomic mass is 35.5. The summed E-state index contributed by atoms with van der Waals surface area (Å²) in [5.74, 6) is -0.366. The zero-order valence-electron chi connectivity index (χ0n) is 21.5. The van der Waals surface area contributed by atoms with Gasteiger partial charge in [-0.1, -0.05) is 30.3 Å². The maximum absolute atomic E-state index is 13.0. The Bertz CT molecular complexity index is 1410. The van der Waals surface area contributed by atoms with Gasteiger partial charge in [-0.05, 0) is 48.5 Å².